The molecule has 0 radical (unpaired) electrons. The van der Waals surface area contributed by atoms with Gasteiger partial charge in [-0.15, -0.1) is 0 Å². The third-order valence-corrected chi connectivity index (χ3v) is 3.74. The lowest BCUT2D eigenvalue weighted by Gasteiger charge is -2.16. The van der Waals surface area contributed by atoms with E-state index in [1.54, 1.807) is 31.6 Å². The Morgan fingerprint density at radius 3 is 2.85 bits per heavy atom. The molecule has 0 unspecified atom stereocenters. The summed E-state index contributed by atoms with van der Waals surface area (Å²) in [7, 11) is 0. The molecule has 3 rings (SSSR count). The zero-order valence-electron chi connectivity index (χ0n) is 11.0. The zero-order chi connectivity index (χ0) is 14.2. The van der Waals surface area contributed by atoms with Gasteiger partial charge in [-0.05, 0) is 31.4 Å². The standard InChI is InChI=1S/C14H14ClN3O2/c1-2-20-13(19)10-7-17-18(9-10)14(5-6-14)11-3-4-12(15)16-8-11/h3-4,7-9H,2,5-6H2,1H3. The molecule has 2 aromatic rings. The molecule has 0 N–H and O–H groups in total. The predicted molar refractivity (Wildman–Crippen MR) is 73.7 cm³/mol. The molecule has 6 heteroatoms. The first-order valence-corrected chi connectivity index (χ1v) is 6.88. The average molecular weight is 292 g/mol. The lowest BCUT2D eigenvalue weighted by Crippen LogP contribution is -2.19. The molecule has 0 atom stereocenters. The van der Waals surface area contributed by atoms with Gasteiger partial charge in [0, 0.05) is 12.4 Å². The molecule has 1 saturated carbocycles. The predicted octanol–water partition coefficient (Wildman–Crippen LogP) is 2.65. The summed E-state index contributed by atoms with van der Waals surface area (Å²) in [5.41, 5.74) is 1.34. The fraction of sp³-hybridized carbons (Fsp3) is 0.357. The van der Waals surface area contributed by atoms with Gasteiger partial charge >= 0.3 is 5.97 Å². The molecule has 1 fully saturated rings. The molecular formula is C14H14ClN3O2. The van der Waals surface area contributed by atoms with Crippen LogP contribution in [0.25, 0.3) is 0 Å². The fourth-order valence-corrected chi connectivity index (χ4v) is 2.41. The van der Waals surface area contributed by atoms with Crippen molar-refractivity contribution in [1.29, 1.82) is 0 Å². The SMILES string of the molecule is CCOC(=O)c1cnn(C2(c3ccc(Cl)nc3)CC2)c1. The summed E-state index contributed by atoms with van der Waals surface area (Å²) in [6, 6.07) is 3.72. The van der Waals surface area contributed by atoms with Gasteiger partial charge in [0.15, 0.2) is 0 Å². The Bertz CT molecular complexity index is 632. The first-order chi connectivity index (χ1) is 9.65. The van der Waals surface area contributed by atoms with Gasteiger partial charge in [-0.25, -0.2) is 9.78 Å². The van der Waals surface area contributed by atoms with Gasteiger partial charge in [0.05, 0.1) is 23.9 Å². The van der Waals surface area contributed by atoms with Gasteiger partial charge in [0.25, 0.3) is 0 Å². The summed E-state index contributed by atoms with van der Waals surface area (Å²) in [5.74, 6) is -0.344. The fourth-order valence-electron chi connectivity index (χ4n) is 2.30. The molecule has 0 amide bonds. The molecule has 1 aliphatic rings. The normalized spacial score (nSPS) is 15.9. The molecule has 0 aromatic carbocycles. The molecule has 0 saturated heterocycles. The van der Waals surface area contributed by atoms with Gasteiger partial charge in [0.2, 0.25) is 0 Å². The largest absolute Gasteiger partial charge is 0.462 e. The van der Waals surface area contributed by atoms with Crippen molar-refractivity contribution in [2.24, 2.45) is 0 Å². The van der Waals surface area contributed by atoms with E-state index in [1.165, 1.54) is 0 Å². The highest BCUT2D eigenvalue weighted by Crippen LogP contribution is 2.48. The highest BCUT2D eigenvalue weighted by Gasteiger charge is 2.47. The molecule has 0 spiro atoms. The van der Waals surface area contributed by atoms with E-state index in [1.807, 2.05) is 10.7 Å². The van der Waals surface area contributed by atoms with Crippen LogP contribution in [0.3, 0.4) is 0 Å². The van der Waals surface area contributed by atoms with Crippen LogP contribution >= 0.6 is 11.6 Å². The smallest absolute Gasteiger partial charge is 0.341 e. The highest BCUT2D eigenvalue weighted by atomic mass is 35.5. The second kappa shape index (κ2) is 4.90. The topological polar surface area (TPSA) is 57.0 Å². The Balaban J connectivity index is 1.89. The molecule has 20 heavy (non-hydrogen) atoms. The van der Waals surface area contributed by atoms with Crippen LogP contribution in [0.1, 0.15) is 35.7 Å². The number of ether oxygens (including phenoxy) is 1. The highest BCUT2D eigenvalue weighted by molar-refractivity contribution is 6.29. The van der Waals surface area contributed by atoms with Crippen LogP contribution in [0.2, 0.25) is 5.15 Å². The van der Waals surface area contributed by atoms with Gasteiger partial charge in [-0.1, -0.05) is 17.7 Å². The average Bonchev–Trinajstić information content (AvgIpc) is 3.10. The Morgan fingerprint density at radius 2 is 2.25 bits per heavy atom. The van der Waals surface area contributed by atoms with Gasteiger partial charge in [0.1, 0.15) is 5.15 Å². The minimum absolute atomic E-state index is 0.192. The summed E-state index contributed by atoms with van der Waals surface area (Å²) in [4.78, 5) is 15.8. The maximum absolute atomic E-state index is 11.7. The van der Waals surface area contributed by atoms with Gasteiger partial charge in [-0.2, -0.15) is 5.10 Å². The van der Waals surface area contributed by atoms with Crippen molar-refractivity contribution in [2.45, 2.75) is 25.3 Å². The van der Waals surface area contributed by atoms with E-state index in [9.17, 15) is 4.79 Å². The van der Waals surface area contributed by atoms with Crippen molar-refractivity contribution in [2.75, 3.05) is 6.61 Å². The third-order valence-electron chi connectivity index (χ3n) is 3.52. The Labute approximate surface area is 121 Å². The summed E-state index contributed by atoms with van der Waals surface area (Å²) >= 11 is 5.81. The molecule has 0 aliphatic heterocycles. The summed E-state index contributed by atoms with van der Waals surface area (Å²) in [6.07, 6.45) is 6.99. The second-order valence-electron chi connectivity index (χ2n) is 4.80. The Morgan fingerprint density at radius 1 is 1.45 bits per heavy atom. The van der Waals surface area contributed by atoms with Crippen molar-refractivity contribution < 1.29 is 9.53 Å². The number of nitrogens with zero attached hydrogens (tertiary/aromatic N) is 3. The van der Waals surface area contributed by atoms with Crippen LogP contribution in [0.15, 0.2) is 30.7 Å². The lowest BCUT2D eigenvalue weighted by atomic mass is 10.1. The van der Waals surface area contributed by atoms with E-state index in [2.05, 4.69) is 10.1 Å². The molecular weight excluding hydrogens is 278 g/mol. The first-order valence-electron chi connectivity index (χ1n) is 6.50. The number of rotatable bonds is 4. The monoisotopic (exact) mass is 291 g/mol. The van der Waals surface area contributed by atoms with E-state index >= 15 is 0 Å². The number of esters is 1. The van der Waals surface area contributed by atoms with Crippen LogP contribution in [0.5, 0.6) is 0 Å². The third kappa shape index (κ3) is 2.18. The molecule has 104 valence electrons. The number of hydrogen-bond acceptors (Lipinski definition) is 4. The number of aromatic nitrogens is 3. The molecule has 5 nitrogen and oxygen atoms in total. The molecule has 2 heterocycles. The number of carbonyl (C=O) groups excluding carboxylic acids is 1. The minimum atomic E-state index is -0.344. The van der Waals surface area contributed by atoms with E-state index in [0.717, 1.165) is 18.4 Å². The zero-order valence-corrected chi connectivity index (χ0v) is 11.8. The second-order valence-corrected chi connectivity index (χ2v) is 5.18. The van der Waals surface area contributed by atoms with Crippen LogP contribution in [0, 0.1) is 0 Å². The molecule has 2 aromatic heterocycles. The van der Waals surface area contributed by atoms with Crippen molar-refractivity contribution in [3.05, 3.63) is 47.0 Å². The maximum atomic E-state index is 11.7. The number of hydrogen-bond donors (Lipinski definition) is 0. The number of pyridine rings is 1. The van der Waals surface area contributed by atoms with Crippen LogP contribution in [-0.4, -0.2) is 27.3 Å². The van der Waals surface area contributed by atoms with E-state index in [4.69, 9.17) is 16.3 Å². The Hall–Kier alpha value is -1.88. The van der Waals surface area contributed by atoms with Crippen LogP contribution in [0.4, 0.5) is 0 Å². The van der Waals surface area contributed by atoms with E-state index < -0.39 is 0 Å². The van der Waals surface area contributed by atoms with Gasteiger partial charge in [-0.3, -0.25) is 4.68 Å². The quantitative estimate of drug-likeness (QED) is 0.642. The summed E-state index contributed by atoms with van der Waals surface area (Å²) in [6.45, 7) is 2.14. The first kappa shape index (κ1) is 13.1. The number of carbonyl (C=O) groups is 1. The number of halogens is 1. The van der Waals surface area contributed by atoms with Crippen LogP contribution in [-0.2, 0) is 10.3 Å². The van der Waals surface area contributed by atoms with E-state index in [0.29, 0.717) is 17.3 Å². The van der Waals surface area contributed by atoms with Crippen molar-refractivity contribution >= 4 is 17.6 Å². The lowest BCUT2D eigenvalue weighted by molar-refractivity contribution is 0.0526. The van der Waals surface area contributed by atoms with Crippen LogP contribution < -0.4 is 0 Å². The van der Waals surface area contributed by atoms with E-state index in [-0.39, 0.29) is 11.5 Å². The maximum Gasteiger partial charge on any atom is 0.341 e. The van der Waals surface area contributed by atoms with Crippen molar-refractivity contribution in [3.63, 3.8) is 0 Å². The summed E-state index contributed by atoms with van der Waals surface area (Å²) in [5, 5.41) is 4.78. The summed E-state index contributed by atoms with van der Waals surface area (Å²) < 4.78 is 6.80. The molecule has 0 bridgehead atoms. The van der Waals surface area contributed by atoms with Crippen molar-refractivity contribution in [1.82, 2.24) is 14.8 Å². The van der Waals surface area contributed by atoms with Crippen molar-refractivity contribution in [3.8, 4) is 0 Å². The molecule has 1 aliphatic carbocycles. The van der Waals surface area contributed by atoms with Gasteiger partial charge < -0.3 is 4.74 Å². The minimum Gasteiger partial charge on any atom is -0.462 e. The Kier molecular flexibility index (Phi) is 3.22.